The summed E-state index contributed by atoms with van der Waals surface area (Å²) in [4.78, 5) is 4.30. The summed E-state index contributed by atoms with van der Waals surface area (Å²) in [6.45, 7) is -0.171. The van der Waals surface area contributed by atoms with Gasteiger partial charge in [-0.1, -0.05) is 34.8 Å². The van der Waals surface area contributed by atoms with Gasteiger partial charge in [0.05, 0.1) is 34.5 Å². The molecule has 0 saturated carbocycles. The number of hydrogen-bond donors (Lipinski definition) is 1. The number of aliphatic hydroxyl groups excluding tert-OH is 1. The van der Waals surface area contributed by atoms with Gasteiger partial charge in [0.2, 0.25) is 0 Å². The fourth-order valence-electron chi connectivity index (χ4n) is 1.64. The second-order valence-corrected chi connectivity index (χ2v) is 4.98. The van der Waals surface area contributed by atoms with Gasteiger partial charge in [-0.2, -0.15) is 0 Å². The SMILES string of the molecule is COc1ccc(CO)nc1-c1cc(Cl)c(Cl)cc1Cl. The number of methoxy groups -OCH3 is 1. The Kier molecular flexibility index (Phi) is 4.53. The molecule has 100 valence electrons. The topological polar surface area (TPSA) is 42.4 Å². The van der Waals surface area contributed by atoms with Gasteiger partial charge in [0, 0.05) is 5.56 Å². The van der Waals surface area contributed by atoms with Gasteiger partial charge in [-0.25, -0.2) is 4.98 Å². The third-order valence-electron chi connectivity index (χ3n) is 2.56. The second-order valence-electron chi connectivity index (χ2n) is 3.76. The molecule has 3 nitrogen and oxygen atoms in total. The van der Waals surface area contributed by atoms with Crippen LogP contribution < -0.4 is 4.74 Å². The predicted molar refractivity (Wildman–Crippen MR) is 77.2 cm³/mol. The van der Waals surface area contributed by atoms with Crippen molar-refractivity contribution in [1.29, 1.82) is 0 Å². The highest BCUT2D eigenvalue weighted by atomic mass is 35.5. The number of aromatic nitrogens is 1. The lowest BCUT2D eigenvalue weighted by molar-refractivity contribution is 0.276. The third kappa shape index (κ3) is 2.95. The quantitative estimate of drug-likeness (QED) is 0.862. The molecule has 1 heterocycles. The molecule has 1 aromatic heterocycles. The molecule has 19 heavy (non-hydrogen) atoms. The molecule has 0 aliphatic rings. The Bertz CT molecular complexity index is 617. The molecule has 2 rings (SSSR count). The summed E-state index contributed by atoms with van der Waals surface area (Å²) in [7, 11) is 1.53. The highest BCUT2D eigenvalue weighted by Gasteiger charge is 2.14. The van der Waals surface area contributed by atoms with Crippen molar-refractivity contribution in [1.82, 2.24) is 4.98 Å². The number of halogens is 3. The fraction of sp³-hybridized carbons (Fsp3) is 0.154. The van der Waals surface area contributed by atoms with E-state index in [1.165, 1.54) is 7.11 Å². The lowest BCUT2D eigenvalue weighted by atomic mass is 10.1. The van der Waals surface area contributed by atoms with Crippen molar-refractivity contribution < 1.29 is 9.84 Å². The first-order valence-corrected chi connectivity index (χ1v) is 6.50. The Balaban J connectivity index is 2.66. The van der Waals surface area contributed by atoms with Crippen LogP contribution in [0.25, 0.3) is 11.3 Å². The van der Waals surface area contributed by atoms with Crippen LogP contribution in [0.4, 0.5) is 0 Å². The molecule has 2 aromatic rings. The van der Waals surface area contributed by atoms with Crippen LogP contribution in [-0.4, -0.2) is 17.2 Å². The minimum Gasteiger partial charge on any atom is -0.494 e. The van der Waals surface area contributed by atoms with Gasteiger partial charge in [-0.15, -0.1) is 0 Å². The van der Waals surface area contributed by atoms with Gasteiger partial charge in [0.15, 0.2) is 0 Å². The van der Waals surface area contributed by atoms with Gasteiger partial charge in [0.25, 0.3) is 0 Å². The zero-order valence-electron chi connectivity index (χ0n) is 9.95. The van der Waals surface area contributed by atoms with E-state index in [1.807, 2.05) is 0 Å². The van der Waals surface area contributed by atoms with Gasteiger partial charge in [0.1, 0.15) is 11.4 Å². The number of ether oxygens (including phenoxy) is 1. The molecule has 0 spiro atoms. The van der Waals surface area contributed by atoms with E-state index in [4.69, 9.17) is 44.6 Å². The summed E-state index contributed by atoms with van der Waals surface area (Å²) in [6, 6.07) is 6.56. The standard InChI is InChI=1S/C13H10Cl3NO2/c1-19-12-3-2-7(6-18)17-13(12)8-4-10(15)11(16)5-9(8)14/h2-5,18H,6H2,1H3. The maximum Gasteiger partial charge on any atom is 0.145 e. The lowest BCUT2D eigenvalue weighted by Gasteiger charge is -2.11. The van der Waals surface area contributed by atoms with Gasteiger partial charge < -0.3 is 9.84 Å². The van der Waals surface area contributed by atoms with E-state index in [0.29, 0.717) is 37.8 Å². The number of nitrogens with zero attached hydrogens (tertiary/aromatic N) is 1. The lowest BCUT2D eigenvalue weighted by Crippen LogP contribution is -1.96. The van der Waals surface area contributed by atoms with E-state index in [9.17, 15) is 0 Å². The average Bonchev–Trinajstić information content (AvgIpc) is 2.42. The van der Waals surface area contributed by atoms with Crippen molar-refractivity contribution in [2.75, 3.05) is 7.11 Å². The van der Waals surface area contributed by atoms with Crippen LogP contribution in [0.15, 0.2) is 24.3 Å². The Labute approximate surface area is 125 Å². The Morgan fingerprint density at radius 1 is 1.11 bits per heavy atom. The Morgan fingerprint density at radius 2 is 1.79 bits per heavy atom. The predicted octanol–water partition coefficient (Wildman–Crippen LogP) is 4.21. The van der Waals surface area contributed by atoms with E-state index in [1.54, 1.807) is 24.3 Å². The molecule has 0 amide bonds. The van der Waals surface area contributed by atoms with Crippen LogP contribution in [0.3, 0.4) is 0 Å². The van der Waals surface area contributed by atoms with Crippen molar-refractivity contribution in [3.8, 4) is 17.0 Å². The molecular weight excluding hydrogens is 309 g/mol. The number of benzene rings is 1. The molecular formula is C13H10Cl3NO2. The Hall–Kier alpha value is -1.000. The summed E-state index contributed by atoms with van der Waals surface area (Å²) < 4.78 is 5.25. The van der Waals surface area contributed by atoms with E-state index in [2.05, 4.69) is 4.98 Å². The van der Waals surface area contributed by atoms with Crippen LogP contribution in [0.1, 0.15) is 5.69 Å². The summed E-state index contributed by atoms with van der Waals surface area (Å²) in [6.07, 6.45) is 0. The van der Waals surface area contributed by atoms with E-state index in [0.717, 1.165) is 0 Å². The zero-order chi connectivity index (χ0) is 14.0. The van der Waals surface area contributed by atoms with Crippen molar-refractivity contribution >= 4 is 34.8 Å². The molecule has 1 N–H and O–H groups in total. The van der Waals surface area contributed by atoms with Gasteiger partial charge >= 0.3 is 0 Å². The van der Waals surface area contributed by atoms with Gasteiger partial charge in [-0.05, 0) is 24.3 Å². The number of pyridine rings is 1. The molecule has 6 heteroatoms. The maximum atomic E-state index is 9.16. The first-order valence-electron chi connectivity index (χ1n) is 5.36. The number of rotatable bonds is 3. The van der Waals surface area contributed by atoms with Crippen molar-refractivity contribution in [2.24, 2.45) is 0 Å². The van der Waals surface area contributed by atoms with Crippen molar-refractivity contribution in [2.45, 2.75) is 6.61 Å². The van der Waals surface area contributed by atoms with Crippen molar-refractivity contribution in [3.05, 3.63) is 45.0 Å². The number of hydrogen-bond acceptors (Lipinski definition) is 3. The molecule has 0 aliphatic heterocycles. The largest absolute Gasteiger partial charge is 0.494 e. The van der Waals surface area contributed by atoms with E-state index in [-0.39, 0.29) is 6.61 Å². The molecule has 0 saturated heterocycles. The summed E-state index contributed by atoms with van der Waals surface area (Å²) in [5.41, 5.74) is 1.62. The number of aliphatic hydroxyl groups is 1. The van der Waals surface area contributed by atoms with Crippen LogP contribution in [0.5, 0.6) is 5.75 Å². The summed E-state index contributed by atoms with van der Waals surface area (Å²) >= 11 is 18.1. The fourth-order valence-corrected chi connectivity index (χ4v) is 2.27. The summed E-state index contributed by atoms with van der Waals surface area (Å²) in [5.74, 6) is 0.539. The highest BCUT2D eigenvalue weighted by molar-refractivity contribution is 6.44. The van der Waals surface area contributed by atoms with Crippen LogP contribution >= 0.6 is 34.8 Å². The third-order valence-corrected chi connectivity index (χ3v) is 3.60. The van der Waals surface area contributed by atoms with Gasteiger partial charge in [-0.3, -0.25) is 0 Å². The van der Waals surface area contributed by atoms with E-state index < -0.39 is 0 Å². The van der Waals surface area contributed by atoms with E-state index >= 15 is 0 Å². The smallest absolute Gasteiger partial charge is 0.145 e. The van der Waals surface area contributed by atoms with Crippen LogP contribution in [0, 0.1) is 0 Å². The minimum atomic E-state index is -0.171. The highest BCUT2D eigenvalue weighted by Crippen LogP contribution is 2.38. The molecule has 0 bridgehead atoms. The summed E-state index contributed by atoms with van der Waals surface area (Å²) in [5, 5.41) is 10.3. The minimum absolute atomic E-state index is 0.171. The average molecular weight is 319 g/mol. The zero-order valence-corrected chi connectivity index (χ0v) is 12.2. The van der Waals surface area contributed by atoms with Crippen molar-refractivity contribution in [3.63, 3.8) is 0 Å². The van der Waals surface area contributed by atoms with Crippen LogP contribution in [0.2, 0.25) is 15.1 Å². The van der Waals surface area contributed by atoms with Crippen LogP contribution in [-0.2, 0) is 6.61 Å². The second kappa shape index (κ2) is 5.97. The molecule has 0 aliphatic carbocycles. The molecule has 0 atom stereocenters. The Morgan fingerprint density at radius 3 is 2.42 bits per heavy atom. The molecule has 0 unspecified atom stereocenters. The molecule has 1 aromatic carbocycles. The normalized spacial score (nSPS) is 10.6. The molecule has 0 fully saturated rings. The maximum absolute atomic E-state index is 9.16. The monoisotopic (exact) mass is 317 g/mol. The first kappa shape index (κ1) is 14.4. The molecule has 0 radical (unpaired) electrons. The first-order chi connectivity index (χ1) is 9.06.